The van der Waals surface area contributed by atoms with Gasteiger partial charge in [0.25, 0.3) is 0 Å². The summed E-state index contributed by atoms with van der Waals surface area (Å²) in [5, 5.41) is 32.4. The molecule has 178 valence electrons. The Kier molecular flexibility index (Phi) is 14.6. The first-order chi connectivity index (χ1) is 14.6. The average molecular weight is 447 g/mol. The normalized spacial score (nSPS) is 11.0. The lowest BCUT2D eigenvalue weighted by atomic mass is 10.3. The molecule has 0 aliphatic heterocycles. The van der Waals surface area contributed by atoms with Crippen LogP contribution in [-0.4, -0.2) is 132 Å². The first-order valence-electron chi connectivity index (χ1n) is 9.93. The minimum atomic E-state index is -1.12. The third kappa shape index (κ3) is 15.7. The van der Waals surface area contributed by atoms with Crippen LogP contribution in [0, 0.1) is 0 Å². The first kappa shape index (κ1) is 28.2. The van der Waals surface area contributed by atoms with Crippen molar-refractivity contribution in [2.24, 2.45) is 0 Å². The fourth-order valence-corrected chi connectivity index (χ4v) is 2.75. The number of carbonyl (C=O) groups is 5. The Bertz CT molecular complexity index is 572. The molecule has 0 radical (unpaired) electrons. The van der Waals surface area contributed by atoms with Gasteiger partial charge in [0.2, 0.25) is 11.8 Å². The van der Waals surface area contributed by atoms with Crippen molar-refractivity contribution in [3.8, 4) is 0 Å². The first-order valence-corrected chi connectivity index (χ1v) is 9.93. The molecule has 5 N–H and O–H groups in total. The zero-order valence-electron chi connectivity index (χ0n) is 18.0. The van der Waals surface area contributed by atoms with Crippen molar-refractivity contribution in [1.29, 1.82) is 0 Å². The molecule has 0 unspecified atom stereocenters. The van der Waals surface area contributed by atoms with Crippen molar-refractivity contribution in [1.82, 2.24) is 25.3 Å². The molecule has 0 atom stereocenters. The lowest BCUT2D eigenvalue weighted by Crippen LogP contribution is -2.47. The zero-order valence-corrected chi connectivity index (χ0v) is 18.0. The minimum Gasteiger partial charge on any atom is -0.480 e. The van der Waals surface area contributed by atoms with E-state index in [0.29, 0.717) is 13.1 Å². The number of carbonyl (C=O) groups excluding carboxylic acids is 2. The number of carboxylic acids is 3. The molecule has 0 saturated heterocycles. The minimum absolute atomic E-state index is 0.117. The van der Waals surface area contributed by atoms with Gasteiger partial charge >= 0.3 is 17.9 Å². The van der Waals surface area contributed by atoms with Crippen LogP contribution < -0.4 is 10.6 Å². The molecule has 0 aliphatic carbocycles. The molecule has 31 heavy (non-hydrogen) atoms. The Morgan fingerprint density at radius 2 is 0.839 bits per heavy atom. The number of hydrogen-bond donors (Lipinski definition) is 5. The third-order valence-corrected chi connectivity index (χ3v) is 4.02. The lowest BCUT2D eigenvalue weighted by Gasteiger charge is -2.27. The Labute approximate surface area is 181 Å². The van der Waals surface area contributed by atoms with E-state index in [9.17, 15) is 24.0 Å². The number of rotatable bonds is 18. The van der Waals surface area contributed by atoms with E-state index in [0.717, 1.165) is 0 Å². The fourth-order valence-electron chi connectivity index (χ4n) is 2.75. The van der Waals surface area contributed by atoms with Crippen molar-refractivity contribution < 1.29 is 39.3 Å². The highest BCUT2D eigenvalue weighted by molar-refractivity contribution is 5.79. The van der Waals surface area contributed by atoms with E-state index in [2.05, 4.69) is 10.6 Å². The highest BCUT2D eigenvalue weighted by atomic mass is 16.4. The van der Waals surface area contributed by atoms with E-state index >= 15 is 0 Å². The van der Waals surface area contributed by atoms with E-state index in [1.165, 1.54) is 14.7 Å². The van der Waals surface area contributed by atoms with E-state index in [4.69, 9.17) is 15.3 Å². The number of likely N-dealkylation sites (N-methyl/N-ethyl adjacent to an activating group) is 2. The molecule has 0 fully saturated rings. The van der Waals surface area contributed by atoms with Crippen LogP contribution in [0.2, 0.25) is 0 Å². The van der Waals surface area contributed by atoms with Crippen molar-refractivity contribution in [2.45, 2.75) is 13.8 Å². The van der Waals surface area contributed by atoms with Crippen LogP contribution in [0.25, 0.3) is 0 Å². The zero-order chi connectivity index (χ0) is 23.8. The summed E-state index contributed by atoms with van der Waals surface area (Å²) in [6, 6.07) is 0. The van der Waals surface area contributed by atoms with Gasteiger partial charge in [0, 0.05) is 39.3 Å². The number of hydrogen-bond acceptors (Lipinski definition) is 8. The highest BCUT2D eigenvalue weighted by Crippen LogP contribution is 1.97. The van der Waals surface area contributed by atoms with Crippen molar-refractivity contribution >= 4 is 29.7 Å². The Hall–Kier alpha value is -2.77. The highest BCUT2D eigenvalue weighted by Gasteiger charge is 2.19. The van der Waals surface area contributed by atoms with Crippen LogP contribution in [-0.2, 0) is 24.0 Å². The number of aliphatic carboxylic acids is 3. The van der Waals surface area contributed by atoms with Crippen LogP contribution in [0.1, 0.15) is 13.8 Å². The Morgan fingerprint density at radius 1 is 0.548 bits per heavy atom. The number of amides is 2. The lowest BCUT2D eigenvalue weighted by molar-refractivity contribution is -0.141. The standard InChI is InChI=1S/C18H33N5O8/c1-3-19-14(24)9-22(12-17(28)29)7-5-21(11-16(26)27)6-8-23(13-18(30)31)10-15(25)20-4-2/h3-13H2,1-2H3,(H,19,24)(H,20,25)(H,26,27)(H,28,29)(H,30,31). The molecule has 0 aromatic heterocycles. The molecule has 0 saturated carbocycles. The smallest absolute Gasteiger partial charge is 0.317 e. The van der Waals surface area contributed by atoms with Gasteiger partial charge in [-0.3, -0.25) is 38.7 Å². The summed E-state index contributed by atoms with van der Waals surface area (Å²) in [5.74, 6) is -4.04. The van der Waals surface area contributed by atoms with Gasteiger partial charge < -0.3 is 26.0 Å². The van der Waals surface area contributed by atoms with Gasteiger partial charge in [0.1, 0.15) is 0 Å². The second-order valence-corrected chi connectivity index (χ2v) is 6.79. The maximum absolute atomic E-state index is 11.8. The molecule has 13 nitrogen and oxygen atoms in total. The quantitative estimate of drug-likeness (QED) is 0.149. The maximum atomic E-state index is 11.8. The molecule has 0 aromatic rings. The summed E-state index contributed by atoms with van der Waals surface area (Å²) in [6.07, 6.45) is 0. The van der Waals surface area contributed by atoms with Crippen LogP contribution >= 0.6 is 0 Å². The largest absolute Gasteiger partial charge is 0.480 e. The predicted molar refractivity (Wildman–Crippen MR) is 110 cm³/mol. The molecule has 0 spiro atoms. The molecule has 0 aromatic carbocycles. The third-order valence-electron chi connectivity index (χ3n) is 4.02. The summed E-state index contributed by atoms with van der Waals surface area (Å²) in [6.45, 7) is 3.35. The Balaban J connectivity index is 5.00. The Morgan fingerprint density at radius 3 is 1.13 bits per heavy atom. The monoisotopic (exact) mass is 447 g/mol. The number of carboxylic acid groups (broad SMARTS) is 3. The van der Waals surface area contributed by atoms with Gasteiger partial charge in [0.05, 0.1) is 32.7 Å². The van der Waals surface area contributed by atoms with Crippen LogP contribution in [0.15, 0.2) is 0 Å². The van der Waals surface area contributed by atoms with Gasteiger partial charge in [0.15, 0.2) is 0 Å². The summed E-state index contributed by atoms with van der Waals surface area (Å²) in [5.41, 5.74) is 0. The van der Waals surface area contributed by atoms with Crippen LogP contribution in [0.5, 0.6) is 0 Å². The molecule has 0 bridgehead atoms. The van der Waals surface area contributed by atoms with Crippen molar-refractivity contribution in [3.63, 3.8) is 0 Å². The topological polar surface area (TPSA) is 180 Å². The van der Waals surface area contributed by atoms with E-state index in [-0.39, 0.29) is 70.7 Å². The van der Waals surface area contributed by atoms with E-state index in [1.807, 2.05) is 0 Å². The van der Waals surface area contributed by atoms with Crippen LogP contribution in [0.4, 0.5) is 0 Å². The van der Waals surface area contributed by atoms with Crippen LogP contribution in [0.3, 0.4) is 0 Å². The fraction of sp³-hybridized carbons (Fsp3) is 0.722. The van der Waals surface area contributed by atoms with E-state index in [1.54, 1.807) is 13.8 Å². The summed E-state index contributed by atoms with van der Waals surface area (Å²) in [4.78, 5) is 61.1. The molecule has 0 aliphatic rings. The summed E-state index contributed by atoms with van der Waals surface area (Å²) in [7, 11) is 0. The van der Waals surface area contributed by atoms with Gasteiger partial charge in [-0.1, -0.05) is 0 Å². The second-order valence-electron chi connectivity index (χ2n) is 6.79. The van der Waals surface area contributed by atoms with Gasteiger partial charge in [-0.25, -0.2) is 0 Å². The molecule has 13 heteroatoms. The van der Waals surface area contributed by atoms with Crippen molar-refractivity contribution in [2.75, 3.05) is 72.0 Å². The molecule has 0 heterocycles. The number of nitrogens with one attached hydrogen (secondary N) is 2. The second kappa shape index (κ2) is 16.0. The molecule has 2 amide bonds. The molecule has 0 rings (SSSR count). The average Bonchev–Trinajstić information content (AvgIpc) is 2.62. The SMILES string of the molecule is CCNC(=O)CN(CCN(CCN(CC(=O)O)CC(=O)NCC)CC(=O)O)CC(=O)O. The van der Waals surface area contributed by atoms with Gasteiger partial charge in [-0.2, -0.15) is 0 Å². The molecular formula is C18H33N5O8. The predicted octanol–water partition coefficient (Wildman–Crippen LogP) is -2.58. The molecular weight excluding hydrogens is 414 g/mol. The maximum Gasteiger partial charge on any atom is 0.317 e. The van der Waals surface area contributed by atoms with Crippen molar-refractivity contribution in [3.05, 3.63) is 0 Å². The van der Waals surface area contributed by atoms with Gasteiger partial charge in [-0.05, 0) is 13.8 Å². The van der Waals surface area contributed by atoms with Gasteiger partial charge in [-0.15, -0.1) is 0 Å². The van der Waals surface area contributed by atoms with E-state index < -0.39 is 17.9 Å². The summed E-state index contributed by atoms with van der Waals surface area (Å²) >= 11 is 0. The number of nitrogens with zero attached hydrogens (tertiary/aromatic N) is 3. The summed E-state index contributed by atoms with van der Waals surface area (Å²) < 4.78 is 0.